The van der Waals surface area contributed by atoms with Crippen molar-refractivity contribution in [3.05, 3.63) is 30.2 Å². The number of nitrogens with one attached hydrogen (secondary N) is 1. The van der Waals surface area contributed by atoms with Gasteiger partial charge in [-0.15, -0.1) is 0 Å². The second kappa shape index (κ2) is 6.10. The molecule has 2 aromatic rings. The van der Waals surface area contributed by atoms with Gasteiger partial charge < -0.3 is 14.1 Å². The van der Waals surface area contributed by atoms with E-state index in [4.69, 9.17) is 9.15 Å². The first-order chi connectivity index (χ1) is 10.9. The lowest BCUT2D eigenvalue weighted by molar-refractivity contribution is 0.0197. The maximum atomic E-state index is 12.2. The molecule has 1 aliphatic rings. The first-order valence-corrected chi connectivity index (χ1v) is 7.99. The Labute approximate surface area is 135 Å². The van der Waals surface area contributed by atoms with E-state index in [1.807, 2.05) is 39.0 Å². The summed E-state index contributed by atoms with van der Waals surface area (Å²) < 4.78 is 10.8. The molecule has 1 N–H and O–H groups in total. The lowest BCUT2D eigenvalue weighted by Gasteiger charge is -2.33. The molecule has 3 heterocycles. The van der Waals surface area contributed by atoms with Crippen LogP contribution in [0.2, 0.25) is 0 Å². The van der Waals surface area contributed by atoms with Crippen molar-refractivity contribution >= 4 is 6.09 Å². The predicted molar refractivity (Wildman–Crippen MR) is 86.1 cm³/mol. The number of hydrogen-bond acceptors (Lipinski definition) is 4. The number of nitrogens with zero attached hydrogens (tertiary/aromatic N) is 2. The molecule has 124 valence electrons. The van der Waals surface area contributed by atoms with Gasteiger partial charge in [0.15, 0.2) is 5.76 Å². The van der Waals surface area contributed by atoms with Crippen LogP contribution in [-0.2, 0) is 4.74 Å². The molecule has 0 radical (unpaired) electrons. The van der Waals surface area contributed by atoms with Gasteiger partial charge in [0, 0.05) is 24.7 Å². The summed E-state index contributed by atoms with van der Waals surface area (Å²) >= 11 is 0. The third-order valence-corrected chi connectivity index (χ3v) is 3.88. The van der Waals surface area contributed by atoms with Gasteiger partial charge in [-0.05, 0) is 51.8 Å². The molecule has 1 saturated heterocycles. The summed E-state index contributed by atoms with van der Waals surface area (Å²) in [6.07, 6.45) is 3.38. The van der Waals surface area contributed by atoms with E-state index in [0.717, 1.165) is 36.5 Å². The van der Waals surface area contributed by atoms with Gasteiger partial charge in [0.2, 0.25) is 0 Å². The molecule has 2 aromatic heterocycles. The Morgan fingerprint density at radius 3 is 3.00 bits per heavy atom. The van der Waals surface area contributed by atoms with Crippen LogP contribution < -0.4 is 0 Å². The lowest BCUT2D eigenvalue weighted by atomic mass is 9.95. The van der Waals surface area contributed by atoms with E-state index in [0.29, 0.717) is 6.54 Å². The molecule has 6 nitrogen and oxygen atoms in total. The Hall–Kier alpha value is -2.24. The summed E-state index contributed by atoms with van der Waals surface area (Å²) in [7, 11) is 0. The maximum absolute atomic E-state index is 12.2. The Bertz CT molecular complexity index is 655. The van der Waals surface area contributed by atoms with E-state index >= 15 is 0 Å². The summed E-state index contributed by atoms with van der Waals surface area (Å²) in [5.74, 6) is 0.986. The third kappa shape index (κ3) is 3.75. The Morgan fingerprint density at radius 1 is 1.48 bits per heavy atom. The molecular formula is C17H23N3O3. The SMILES string of the molecule is CC(C)(C)OC(=O)N1CCC[C@H](c2cc(-c3ccco3)n[nH]2)C1. The second-order valence-corrected chi connectivity index (χ2v) is 6.95. The molecule has 0 unspecified atom stereocenters. The number of likely N-dealkylation sites (tertiary alicyclic amines) is 1. The van der Waals surface area contributed by atoms with Gasteiger partial charge in [-0.1, -0.05) is 0 Å². The number of furan rings is 1. The topological polar surface area (TPSA) is 71.4 Å². The number of carbonyl (C=O) groups excluding carboxylic acids is 1. The molecule has 1 atom stereocenters. The fourth-order valence-corrected chi connectivity index (χ4v) is 2.82. The van der Waals surface area contributed by atoms with Crippen molar-refractivity contribution in [1.82, 2.24) is 15.1 Å². The van der Waals surface area contributed by atoms with Crippen LogP contribution in [0, 0.1) is 0 Å². The molecule has 0 bridgehead atoms. The number of hydrogen-bond donors (Lipinski definition) is 1. The minimum absolute atomic E-state index is 0.243. The van der Waals surface area contributed by atoms with E-state index in [1.165, 1.54) is 0 Å². The first kappa shape index (κ1) is 15.6. The Kier molecular flexibility index (Phi) is 4.15. The third-order valence-electron chi connectivity index (χ3n) is 3.88. The van der Waals surface area contributed by atoms with Gasteiger partial charge >= 0.3 is 6.09 Å². The van der Waals surface area contributed by atoms with Crippen LogP contribution in [0.4, 0.5) is 4.79 Å². The van der Waals surface area contributed by atoms with Crippen LogP contribution in [0.25, 0.3) is 11.5 Å². The van der Waals surface area contributed by atoms with E-state index in [9.17, 15) is 4.79 Å². The summed E-state index contributed by atoms with van der Waals surface area (Å²) in [6, 6.07) is 5.73. The molecule has 0 saturated carbocycles. The molecule has 1 aliphatic heterocycles. The molecule has 6 heteroatoms. The van der Waals surface area contributed by atoms with Crippen molar-refractivity contribution in [2.75, 3.05) is 13.1 Å². The number of aromatic nitrogens is 2. The van der Waals surface area contributed by atoms with Crippen LogP contribution in [-0.4, -0.2) is 39.9 Å². The molecule has 0 aliphatic carbocycles. The largest absolute Gasteiger partial charge is 0.463 e. The zero-order valence-corrected chi connectivity index (χ0v) is 13.8. The van der Waals surface area contributed by atoms with Gasteiger partial charge in [0.25, 0.3) is 0 Å². The summed E-state index contributed by atoms with van der Waals surface area (Å²) in [6.45, 7) is 7.05. The number of aromatic amines is 1. The van der Waals surface area contributed by atoms with Gasteiger partial charge in [-0.25, -0.2) is 4.79 Å². The maximum Gasteiger partial charge on any atom is 0.410 e. The van der Waals surface area contributed by atoms with Crippen molar-refractivity contribution in [3.8, 4) is 11.5 Å². The highest BCUT2D eigenvalue weighted by Gasteiger charge is 2.29. The fourth-order valence-electron chi connectivity index (χ4n) is 2.82. The molecule has 23 heavy (non-hydrogen) atoms. The standard InChI is InChI=1S/C17H23N3O3/c1-17(2,3)23-16(21)20-8-4-6-12(11-20)13-10-14(19-18-13)15-7-5-9-22-15/h5,7,9-10,12H,4,6,8,11H2,1-3H3,(H,18,19)/t12-/m0/s1. The van der Waals surface area contributed by atoms with Crippen molar-refractivity contribution < 1.29 is 13.9 Å². The quantitative estimate of drug-likeness (QED) is 0.915. The number of carbonyl (C=O) groups is 1. The highest BCUT2D eigenvalue weighted by Crippen LogP contribution is 2.29. The van der Waals surface area contributed by atoms with Gasteiger partial charge in [0.1, 0.15) is 11.3 Å². The average molecular weight is 317 g/mol. The molecule has 1 amide bonds. The highest BCUT2D eigenvalue weighted by molar-refractivity contribution is 5.68. The molecule has 0 aromatic carbocycles. The number of ether oxygens (including phenoxy) is 1. The van der Waals surface area contributed by atoms with Crippen molar-refractivity contribution in [2.24, 2.45) is 0 Å². The summed E-state index contributed by atoms with van der Waals surface area (Å²) in [4.78, 5) is 14.0. The van der Waals surface area contributed by atoms with E-state index in [2.05, 4.69) is 10.2 Å². The van der Waals surface area contributed by atoms with E-state index in [-0.39, 0.29) is 12.0 Å². The Balaban J connectivity index is 1.68. The van der Waals surface area contributed by atoms with Crippen LogP contribution >= 0.6 is 0 Å². The predicted octanol–water partition coefficient (Wildman–Crippen LogP) is 3.78. The van der Waals surface area contributed by atoms with Crippen molar-refractivity contribution in [3.63, 3.8) is 0 Å². The minimum atomic E-state index is -0.468. The average Bonchev–Trinajstić information content (AvgIpc) is 3.17. The lowest BCUT2D eigenvalue weighted by Crippen LogP contribution is -2.42. The highest BCUT2D eigenvalue weighted by atomic mass is 16.6. The number of H-pyrrole nitrogens is 1. The van der Waals surface area contributed by atoms with Crippen LogP contribution in [0.5, 0.6) is 0 Å². The smallest absolute Gasteiger partial charge is 0.410 e. The van der Waals surface area contributed by atoms with E-state index in [1.54, 1.807) is 11.2 Å². The van der Waals surface area contributed by atoms with Crippen LogP contribution in [0.3, 0.4) is 0 Å². The van der Waals surface area contributed by atoms with Gasteiger partial charge in [-0.2, -0.15) is 5.10 Å². The summed E-state index contributed by atoms with van der Waals surface area (Å²) in [5, 5.41) is 7.39. The molecular weight excluding hydrogens is 294 g/mol. The van der Waals surface area contributed by atoms with Gasteiger partial charge in [-0.3, -0.25) is 5.10 Å². The molecule has 1 fully saturated rings. The van der Waals surface area contributed by atoms with E-state index < -0.39 is 5.60 Å². The van der Waals surface area contributed by atoms with Crippen LogP contribution in [0.1, 0.15) is 45.2 Å². The molecule has 0 spiro atoms. The first-order valence-electron chi connectivity index (χ1n) is 7.99. The minimum Gasteiger partial charge on any atom is -0.463 e. The van der Waals surface area contributed by atoms with Crippen molar-refractivity contribution in [2.45, 2.75) is 45.1 Å². The second-order valence-electron chi connectivity index (χ2n) is 6.95. The van der Waals surface area contributed by atoms with Crippen molar-refractivity contribution in [1.29, 1.82) is 0 Å². The normalized spacial score (nSPS) is 18.9. The number of rotatable bonds is 2. The number of amides is 1. The summed E-state index contributed by atoms with van der Waals surface area (Å²) in [5.41, 5.74) is 1.36. The molecule has 3 rings (SSSR count). The number of piperidine rings is 1. The Morgan fingerprint density at radius 2 is 2.30 bits per heavy atom. The van der Waals surface area contributed by atoms with Crippen LogP contribution in [0.15, 0.2) is 28.9 Å². The monoisotopic (exact) mass is 317 g/mol. The zero-order chi connectivity index (χ0) is 16.4. The zero-order valence-electron chi connectivity index (χ0n) is 13.8. The fraction of sp³-hybridized carbons (Fsp3) is 0.529. The van der Waals surface area contributed by atoms with Gasteiger partial charge in [0.05, 0.1) is 6.26 Å².